The van der Waals surface area contributed by atoms with E-state index in [1.807, 2.05) is 0 Å². The summed E-state index contributed by atoms with van der Waals surface area (Å²) in [6, 6.07) is 5.28. The molecule has 0 saturated heterocycles. The number of thioether (sulfide) groups is 1. The molecule has 0 radical (unpaired) electrons. The highest BCUT2D eigenvalue weighted by Crippen LogP contribution is 2.23. The third-order valence-corrected chi connectivity index (χ3v) is 2.82. The van der Waals surface area contributed by atoms with Crippen LogP contribution in [0, 0.1) is 5.82 Å². The second-order valence-corrected chi connectivity index (χ2v) is 4.42. The lowest BCUT2D eigenvalue weighted by atomic mass is 10.3. The van der Waals surface area contributed by atoms with Crippen molar-refractivity contribution in [2.45, 2.75) is 0 Å². The number of amidine groups is 1. The average molecular weight is 265 g/mol. The van der Waals surface area contributed by atoms with Crippen molar-refractivity contribution in [1.29, 1.82) is 0 Å². The molecular weight excluding hydrogens is 257 g/mol. The van der Waals surface area contributed by atoms with E-state index in [-0.39, 0.29) is 10.1 Å². The van der Waals surface area contributed by atoms with Gasteiger partial charge < -0.3 is 11.1 Å². The van der Waals surface area contributed by atoms with E-state index >= 15 is 0 Å². The molecule has 92 valence electrons. The van der Waals surface area contributed by atoms with Crippen molar-refractivity contribution in [3.8, 4) is 0 Å². The van der Waals surface area contributed by atoms with Gasteiger partial charge in [0.2, 0.25) is 5.91 Å². The molecule has 3 N–H and O–H groups in total. The molecule has 0 bridgehead atoms. The minimum absolute atomic E-state index is 0.112. The van der Waals surface area contributed by atoms with Gasteiger partial charge in [-0.15, -0.1) is 0 Å². The average Bonchev–Trinajstić information content (AvgIpc) is 2.61. The highest BCUT2D eigenvalue weighted by atomic mass is 32.2. The first-order valence-corrected chi connectivity index (χ1v) is 5.71. The first-order chi connectivity index (χ1) is 8.54. The van der Waals surface area contributed by atoms with E-state index in [0.29, 0.717) is 5.69 Å². The SMILES string of the molecule is NC1=NC(=O)/C(=C\C(=O)Nc2ccc(F)cc2)S1. The molecule has 2 amide bonds. The molecule has 1 aromatic rings. The van der Waals surface area contributed by atoms with Gasteiger partial charge >= 0.3 is 0 Å². The van der Waals surface area contributed by atoms with Crippen LogP contribution in [0.25, 0.3) is 0 Å². The second-order valence-electron chi connectivity index (χ2n) is 3.36. The number of anilines is 1. The number of hydrogen-bond donors (Lipinski definition) is 2. The van der Waals surface area contributed by atoms with Crippen LogP contribution in [0.1, 0.15) is 0 Å². The number of nitrogens with two attached hydrogens (primary N) is 1. The van der Waals surface area contributed by atoms with Crippen molar-refractivity contribution in [3.05, 3.63) is 41.1 Å². The highest BCUT2D eigenvalue weighted by Gasteiger charge is 2.20. The third-order valence-electron chi connectivity index (χ3n) is 2.01. The van der Waals surface area contributed by atoms with Crippen LogP contribution < -0.4 is 11.1 Å². The van der Waals surface area contributed by atoms with E-state index < -0.39 is 17.6 Å². The highest BCUT2D eigenvalue weighted by molar-refractivity contribution is 8.18. The number of amides is 2. The zero-order valence-electron chi connectivity index (χ0n) is 9.01. The smallest absolute Gasteiger partial charge is 0.286 e. The number of halogens is 1. The largest absolute Gasteiger partial charge is 0.378 e. The van der Waals surface area contributed by atoms with Crippen LogP contribution >= 0.6 is 11.8 Å². The van der Waals surface area contributed by atoms with Gasteiger partial charge in [0.25, 0.3) is 5.91 Å². The Labute approximate surface area is 106 Å². The summed E-state index contributed by atoms with van der Waals surface area (Å²) in [5.74, 6) is -1.43. The van der Waals surface area contributed by atoms with Gasteiger partial charge in [-0.2, -0.15) is 4.99 Å². The minimum atomic E-state index is -0.535. The number of carbonyl (C=O) groups excluding carboxylic acids is 2. The van der Waals surface area contributed by atoms with Crippen LogP contribution in [0.15, 0.2) is 40.2 Å². The molecule has 0 aliphatic carbocycles. The normalized spacial score (nSPS) is 16.8. The molecule has 0 fully saturated rings. The summed E-state index contributed by atoms with van der Waals surface area (Å²) in [6.45, 7) is 0. The Balaban J connectivity index is 2.04. The monoisotopic (exact) mass is 265 g/mol. The van der Waals surface area contributed by atoms with E-state index in [1.54, 1.807) is 0 Å². The predicted molar refractivity (Wildman–Crippen MR) is 67.3 cm³/mol. The predicted octanol–water partition coefficient (Wildman–Crippen LogP) is 1.24. The molecule has 7 heteroatoms. The van der Waals surface area contributed by atoms with Crippen LogP contribution in [0.5, 0.6) is 0 Å². The molecule has 18 heavy (non-hydrogen) atoms. The fourth-order valence-corrected chi connectivity index (χ4v) is 1.91. The Morgan fingerprint density at radius 3 is 2.61 bits per heavy atom. The zero-order valence-corrected chi connectivity index (χ0v) is 9.83. The summed E-state index contributed by atoms with van der Waals surface area (Å²) >= 11 is 0.933. The Kier molecular flexibility index (Phi) is 3.42. The van der Waals surface area contributed by atoms with E-state index in [9.17, 15) is 14.0 Å². The second kappa shape index (κ2) is 5.01. The molecule has 0 saturated carbocycles. The lowest BCUT2D eigenvalue weighted by molar-refractivity contribution is -0.115. The number of carbonyl (C=O) groups is 2. The summed E-state index contributed by atoms with van der Waals surface area (Å²) in [4.78, 5) is 26.4. The van der Waals surface area contributed by atoms with E-state index in [4.69, 9.17) is 5.73 Å². The standard InChI is InChI=1S/C11H8FN3O2S/c12-6-1-3-7(4-2-6)14-9(16)5-8-10(17)15-11(13)18-8/h1-5H,(H,14,16)(H2,13,15,17)/b8-5+. The fourth-order valence-electron chi connectivity index (χ4n) is 1.26. The van der Waals surface area contributed by atoms with Crippen molar-refractivity contribution in [3.63, 3.8) is 0 Å². The van der Waals surface area contributed by atoms with Crippen molar-refractivity contribution >= 4 is 34.4 Å². The van der Waals surface area contributed by atoms with Gasteiger partial charge in [0.15, 0.2) is 5.17 Å². The Morgan fingerprint density at radius 1 is 1.39 bits per heavy atom. The molecular formula is C11H8FN3O2S. The minimum Gasteiger partial charge on any atom is -0.378 e. The maximum absolute atomic E-state index is 12.6. The van der Waals surface area contributed by atoms with Crippen molar-refractivity contribution in [2.75, 3.05) is 5.32 Å². The number of aliphatic imine (C=N–C) groups is 1. The first-order valence-electron chi connectivity index (χ1n) is 4.89. The van der Waals surface area contributed by atoms with Crippen LogP contribution in [-0.4, -0.2) is 17.0 Å². The molecule has 0 atom stereocenters. The number of benzene rings is 1. The molecule has 1 aliphatic heterocycles. The molecule has 0 aromatic heterocycles. The Bertz CT molecular complexity index is 566. The van der Waals surface area contributed by atoms with Crippen molar-refractivity contribution < 1.29 is 14.0 Å². The maximum atomic E-state index is 12.6. The van der Waals surface area contributed by atoms with E-state index in [0.717, 1.165) is 17.8 Å². The summed E-state index contributed by atoms with van der Waals surface area (Å²) in [7, 11) is 0. The van der Waals surface area contributed by atoms with Gasteiger partial charge in [-0.1, -0.05) is 0 Å². The molecule has 0 spiro atoms. The first kappa shape index (κ1) is 12.3. The fraction of sp³-hybridized carbons (Fsp3) is 0. The van der Waals surface area contributed by atoms with E-state index in [2.05, 4.69) is 10.3 Å². The Hall–Kier alpha value is -2.15. The summed E-state index contributed by atoms with van der Waals surface area (Å²) in [5, 5.41) is 2.60. The van der Waals surface area contributed by atoms with Gasteiger partial charge in [-0.25, -0.2) is 4.39 Å². The van der Waals surface area contributed by atoms with Crippen LogP contribution in [0.2, 0.25) is 0 Å². The number of rotatable bonds is 2. The van der Waals surface area contributed by atoms with Gasteiger partial charge in [-0.3, -0.25) is 9.59 Å². The molecule has 5 nitrogen and oxygen atoms in total. The molecule has 1 aromatic carbocycles. The number of nitrogens with one attached hydrogen (secondary N) is 1. The van der Waals surface area contributed by atoms with Gasteiger partial charge in [0.05, 0.1) is 4.91 Å². The summed E-state index contributed by atoms with van der Waals surface area (Å²) in [6.07, 6.45) is 1.11. The lowest BCUT2D eigenvalue weighted by Gasteiger charge is -2.01. The molecule has 1 heterocycles. The Morgan fingerprint density at radius 2 is 2.06 bits per heavy atom. The summed E-state index contributed by atoms with van der Waals surface area (Å²) < 4.78 is 12.6. The van der Waals surface area contributed by atoms with Crippen LogP contribution in [0.4, 0.5) is 10.1 Å². The van der Waals surface area contributed by atoms with Crippen LogP contribution in [-0.2, 0) is 9.59 Å². The van der Waals surface area contributed by atoms with Crippen LogP contribution in [0.3, 0.4) is 0 Å². The maximum Gasteiger partial charge on any atom is 0.286 e. The van der Waals surface area contributed by atoms with Gasteiger partial charge in [0, 0.05) is 11.8 Å². The summed E-state index contributed by atoms with van der Waals surface area (Å²) in [5.41, 5.74) is 5.77. The van der Waals surface area contributed by atoms with Crippen molar-refractivity contribution in [2.24, 2.45) is 10.7 Å². The lowest BCUT2D eigenvalue weighted by Crippen LogP contribution is -2.09. The zero-order chi connectivity index (χ0) is 13.1. The number of hydrogen-bond acceptors (Lipinski definition) is 4. The van der Waals surface area contributed by atoms with Gasteiger partial charge in [0.1, 0.15) is 5.82 Å². The molecule has 2 rings (SSSR count). The topological polar surface area (TPSA) is 84.5 Å². The van der Waals surface area contributed by atoms with Crippen molar-refractivity contribution in [1.82, 2.24) is 0 Å². The quantitative estimate of drug-likeness (QED) is 0.788. The van der Waals surface area contributed by atoms with Gasteiger partial charge in [-0.05, 0) is 36.0 Å². The molecule has 1 aliphatic rings. The third kappa shape index (κ3) is 2.95. The molecule has 0 unspecified atom stereocenters. The van der Waals surface area contributed by atoms with E-state index in [1.165, 1.54) is 24.3 Å². The number of nitrogens with zero attached hydrogens (tertiary/aromatic N) is 1.